The highest BCUT2D eigenvalue weighted by Gasteiger charge is 2.82. The van der Waals surface area contributed by atoms with Crippen molar-refractivity contribution in [3.05, 3.63) is 0 Å². The molecular formula is C14Br30. The average molecular weight is 2570 g/mol. The summed E-state index contributed by atoms with van der Waals surface area (Å²) in [5.74, 6) is 0. The Balaban J connectivity index is 7.52. The van der Waals surface area contributed by atoms with Gasteiger partial charge in [0.25, 0.3) is 0 Å². The Hall–Kier alpha value is 14.4. The highest BCUT2D eigenvalue weighted by Crippen LogP contribution is 2.82. The lowest BCUT2D eigenvalue weighted by molar-refractivity contribution is 0.536. The molecule has 30 heteroatoms. The van der Waals surface area contributed by atoms with Gasteiger partial charge in [-0.3, -0.25) is 0 Å². The van der Waals surface area contributed by atoms with Crippen molar-refractivity contribution in [2.45, 2.75) is 43.1 Å². The van der Waals surface area contributed by atoms with Crippen LogP contribution in [0.1, 0.15) is 0 Å². The maximum absolute atomic E-state index is 3.98. The van der Waals surface area contributed by atoms with Gasteiger partial charge in [0.05, 0.1) is 0 Å². The fraction of sp³-hybridized carbons (Fsp3) is 1.00. The summed E-state index contributed by atoms with van der Waals surface area (Å²) in [5, 5.41) is 0. The lowest BCUT2D eigenvalue weighted by Gasteiger charge is -2.61. The second-order valence-electron chi connectivity index (χ2n) is 7.89. The predicted molar refractivity (Wildman–Crippen MR) is 306 cm³/mol. The molecule has 0 saturated heterocycles. The van der Waals surface area contributed by atoms with E-state index in [9.17, 15) is 0 Å². The largest absolute Gasteiger partial charge is 0.162 e. The third-order valence-electron chi connectivity index (χ3n) is 5.05. The van der Waals surface area contributed by atoms with Gasteiger partial charge in [-0.15, -0.1) is 0 Å². The Kier molecular flexibility index (Phi) is 25.0. The summed E-state index contributed by atoms with van der Waals surface area (Å²) >= 11 is 116. The quantitative estimate of drug-likeness (QED) is 0.181. The van der Waals surface area contributed by atoms with E-state index in [1.54, 1.807) is 0 Å². The third-order valence-corrected chi connectivity index (χ3v) is 67.0. The lowest BCUT2D eigenvalue weighted by atomic mass is 10.0. The van der Waals surface area contributed by atoms with E-state index < -0.39 is 43.1 Å². The monoisotopic (exact) mass is 2540 g/mol. The van der Waals surface area contributed by atoms with Crippen LogP contribution in [0.2, 0.25) is 0 Å². The number of hydrogen-bond donors (Lipinski definition) is 0. The molecule has 266 valence electrons. The zero-order chi connectivity index (χ0) is 37.0. The van der Waals surface area contributed by atoms with Gasteiger partial charge in [-0.2, -0.15) is 0 Å². The molecule has 0 heterocycles. The minimum Gasteiger partial charge on any atom is -0.0675 e. The highest BCUT2D eigenvalue weighted by molar-refractivity contribution is 9.43. The van der Waals surface area contributed by atoms with E-state index in [1.165, 1.54) is 0 Å². The van der Waals surface area contributed by atoms with Crippen molar-refractivity contribution in [1.82, 2.24) is 0 Å². The Morgan fingerprint density at radius 3 is 0.250 bits per heavy atom. The van der Waals surface area contributed by atoms with Gasteiger partial charge < -0.3 is 0 Å². The Labute approximate surface area is 508 Å². The summed E-state index contributed by atoms with van der Waals surface area (Å²) in [7, 11) is 0. The predicted octanol–water partition coefficient (Wildman–Crippen LogP) is 22.5. The molecule has 0 aromatic carbocycles. The minimum atomic E-state index is -1.24. The summed E-state index contributed by atoms with van der Waals surface area (Å²) in [6, 6.07) is 0. The van der Waals surface area contributed by atoms with Gasteiger partial charge in [0.1, 0.15) is 38.8 Å². The van der Waals surface area contributed by atoms with Gasteiger partial charge in [-0.1, -0.05) is 478 Å². The van der Waals surface area contributed by atoms with E-state index in [4.69, 9.17) is 0 Å². The topological polar surface area (TPSA) is 0 Å². The van der Waals surface area contributed by atoms with Crippen LogP contribution >= 0.6 is 478 Å². The zero-order valence-electron chi connectivity index (χ0n) is 18.3. The van der Waals surface area contributed by atoms with E-state index >= 15 is 0 Å². The fourth-order valence-electron chi connectivity index (χ4n) is 2.33. The van der Waals surface area contributed by atoms with Crippen LogP contribution < -0.4 is 0 Å². The molecule has 0 saturated carbocycles. The van der Waals surface area contributed by atoms with Gasteiger partial charge in [0, 0.05) is 0 Å². The van der Waals surface area contributed by atoms with E-state index in [2.05, 4.69) is 478 Å². The summed E-state index contributed by atoms with van der Waals surface area (Å²) < 4.78 is -15.6. The molecule has 0 radical (unpaired) electrons. The summed E-state index contributed by atoms with van der Waals surface area (Å²) in [4.78, 5) is 0. The smallest absolute Gasteiger partial charge is 0.0675 e. The van der Waals surface area contributed by atoms with Gasteiger partial charge >= 0.3 is 0 Å². The molecule has 0 aliphatic heterocycles. The van der Waals surface area contributed by atoms with E-state index in [0.717, 1.165) is 0 Å². The third kappa shape index (κ3) is 10.0. The van der Waals surface area contributed by atoms with Crippen molar-refractivity contribution in [1.29, 1.82) is 0 Å². The average Bonchev–Trinajstić information content (AvgIpc) is 2.75. The summed E-state index contributed by atoms with van der Waals surface area (Å²) in [5.41, 5.74) is 0. The van der Waals surface area contributed by atoms with Crippen LogP contribution in [0.3, 0.4) is 0 Å². The summed E-state index contributed by atoms with van der Waals surface area (Å²) in [6.07, 6.45) is 0. The molecule has 0 aromatic heterocycles. The highest BCUT2D eigenvalue weighted by atomic mass is 80.0. The second kappa shape index (κ2) is 18.9. The molecule has 0 aromatic rings. The standard InChI is InChI=1S/C14Br30/c15-1(16,3(19,20)5(23,24)7(27,28)9(31,32)11(35,36)13(39,40)41)2(17,18)4(21,22)6(25,26)8(29,30)10(33,34)12(37,38)14(42,43)44. The summed E-state index contributed by atoms with van der Waals surface area (Å²) in [6.45, 7) is 0. The molecule has 0 amide bonds. The first-order chi connectivity index (χ1) is 18.2. The molecule has 0 bridgehead atoms. The van der Waals surface area contributed by atoms with Crippen LogP contribution in [0.4, 0.5) is 0 Å². The van der Waals surface area contributed by atoms with Crippen molar-refractivity contribution in [3.8, 4) is 0 Å². The Bertz CT molecular complexity index is 963. The number of rotatable bonds is 11. The molecule has 0 N–H and O–H groups in total. The first kappa shape index (κ1) is 58.4. The van der Waals surface area contributed by atoms with Crippen LogP contribution in [0.25, 0.3) is 0 Å². The maximum atomic E-state index is 3.98. The first-order valence-electron chi connectivity index (χ1n) is 8.92. The van der Waals surface area contributed by atoms with Crippen LogP contribution in [0, 0.1) is 0 Å². The fourth-order valence-corrected chi connectivity index (χ4v) is 31.0. The van der Waals surface area contributed by atoms with Gasteiger partial charge in [0.15, 0.2) is 4.29 Å². The van der Waals surface area contributed by atoms with Crippen molar-refractivity contribution in [3.63, 3.8) is 0 Å². The zero-order valence-corrected chi connectivity index (χ0v) is 65.9. The lowest BCUT2D eigenvalue weighted by Crippen LogP contribution is -2.72. The van der Waals surface area contributed by atoms with Crippen molar-refractivity contribution >= 4 is 478 Å². The normalized spacial score (nSPS) is 17.3. The van der Waals surface area contributed by atoms with Crippen LogP contribution in [0.15, 0.2) is 0 Å². The van der Waals surface area contributed by atoms with Crippen molar-refractivity contribution < 1.29 is 0 Å². The molecule has 0 nitrogen and oxygen atoms in total. The minimum absolute atomic E-state index is 0.873. The van der Waals surface area contributed by atoms with Crippen molar-refractivity contribution in [2.75, 3.05) is 0 Å². The van der Waals surface area contributed by atoms with Crippen LogP contribution in [-0.4, -0.2) is 43.1 Å². The molecule has 0 atom stereocenters. The van der Waals surface area contributed by atoms with Crippen LogP contribution in [0.5, 0.6) is 0 Å². The molecule has 0 aliphatic rings. The van der Waals surface area contributed by atoms with Crippen LogP contribution in [-0.2, 0) is 0 Å². The van der Waals surface area contributed by atoms with Crippen molar-refractivity contribution in [2.24, 2.45) is 0 Å². The van der Waals surface area contributed by atoms with E-state index in [-0.39, 0.29) is 0 Å². The molecule has 0 aliphatic carbocycles. The molecule has 0 rings (SSSR count). The van der Waals surface area contributed by atoms with Gasteiger partial charge in [0.2, 0.25) is 0 Å². The number of alkyl halides is 30. The van der Waals surface area contributed by atoms with Gasteiger partial charge in [-0.25, -0.2) is 0 Å². The maximum Gasteiger partial charge on any atom is 0.162 e. The molecule has 0 fully saturated rings. The molecule has 0 unspecified atom stereocenters. The van der Waals surface area contributed by atoms with E-state index in [0.29, 0.717) is 0 Å². The van der Waals surface area contributed by atoms with Gasteiger partial charge in [-0.05, 0) is 0 Å². The SMILES string of the molecule is BrC(Br)(Br)C(Br)(Br)C(Br)(Br)C(Br)(Br)C(Br)(Br)C(Br)(Br)C(Br)(Br)C(Br)(Br)C(Br)(Br)C(Br)(Br)C(Br)(Br)C(Br)(Br)C(Br)(Br)C(Br)(Br)Br. The van der Waals surface area contributed by atoms with E-state index in [1.807, 2.05) is 0 Å². The number of halogens is 30. The first-order valence-corrected chi connectivity index (χ1v) is 32.7. The Morgan fingerprint density at radius 2 is 0.182 bits per heavy atom. The number of hydrogen-bond acceptors (Lipinski definition) is 0. The Morgan fingerprint density at radius 1 is 0.114 bits per heavy atom. The molecule has 44 heavy (non-hydrogen) atoms. The molecule has 0 spiro atoms. The molecular weight excluding hydrogens is 2570 g/mol. The second-order valence-corrected chi connectivity index (χ2v) is 62.7.